The minimum absolute atomic E-state index is 0.0500. The fourth-order valence-corrected chi connectivity index (χ4v) is 1.47. The van der Waals surface area contributed by atoms with E-state index in [-0.39, 0.29) is 12.0 Å². The molecule has 0 amide bonds. The molecule has 0 fully saturated rings. The van der Waals surface area contributed by atoms with Gasteiger partial charge in [0.05, 0.1) is 5.88 Å². The second-order valence-corrected chi connectivity index (χ2v) is 3.93. The summed E-state index contributed by atoms with van der Waals surface area (Å²) in [5, 5.41) is 8.93. The Bertz CT molecular complexity index is 131. The molecule has 0 aliphatic rings. The maximum absolute atomic E-state index is 10.9. The molecule has 0 aromatic rings. The van der Waals surface area contributed by atoms with Gasteiger partial charge in [0, 0.05) is 0 Å². The molecule has 0 aliphatic carbocycles. The van der Waals surface area contributed by atoms with E-state index in [9.17, 15) is 4.57 Å². The maximum atomic E-state index is 10.9. The van der Waals surface area contributed by atoms with Crippen molar-refractivity contribution in [1.82, 2.24) is 0 Å². The van der Waals surface area contributed by atoms with E-state index >= 15 is 0 Å². The summed E-state index contributed by atoms with van der Waals surface area (Å²) in [6.07, 6.45) is 0.687. The SMILES string of the molecule is CCC(C)O[P+](=O)C(O)CCl. The zero-order valence-corrected chi connectivity index (χ0v) is 8.31. The van der Waals surface area contributed by atoms with Gasteiger partial charge in [-0.1, -0.05) is 6.92 Å². The van der Waals surface area contributed by atoms with Gasteiger partial charge in [0.15, 0.2) is 0 Å². The first-order valence-electron chi connectivity index (χ1n) is 3.49. The molecule has 3 atom stereocenters. The van der Waals surface area contributed by atoms with Gasteiger partial charge >= 0.3 is 8.03 Å². The van der Waals surface area contributed by atoms with Crippen molar-refractivity contribution in [1.29, 1.82) is 0 Å². The maximum Gasteiger partial charge on any atom is 0.541 e. The van der Waals surface area contributed by atoms with Crippen molar-refractivity contribution in [2.24, 2.45) is 0 Å². The summed E-state index contributed by atoms with van der Waals surface area (Å²) in [4.78, 5) is 0. The lowest BCUT2D eigenvalue weighted by molar-refractivity contribution is 0.192. The first-order valence-corrected chi connectivity index (χ1v) is 5.27. The van der Waals surface area contributed by atoms with Crippen LogP contribution in [-0.2, 0) is 9.09 Å². The number of halogens is 1. The lowest BCUT2D eigenvalue weighted by Crippen LogP contribution is -2.08. The topological polar surface area (TPSA) is 46.5 Å². The Labute approximate surface area is 72.6 Å². The first kappa shape index (κ1) is 11.3. The monoisotopic (exact) mass is 199 g/mol. The molecule has 0 aliphatic heterocycles. The first-order chi connectivity index (χ1) is 5.11. The smallest absolute Gasteiger partial charge is 0.348 e. The van der Waals surface area contributed by atoms with Crippen molar-refractivity contribution in [3.8, 4) is 0 Å². The van der Waals surface area contributed by atoms with Crippen LogP contribution in [0.1, 0.15) is 20.3 Å². The van der Waals surface area contributed by atoms with Gasteiger partial charge in [0.2, 0.25) is 0 Å². The van der Waals surface area contributed by atoms with E-state index in [0.717, 1.165) is 6.42 Å². The second-order valence-electron chi connectivity index (χ2n) is 2.24. The summed E-state index contributed by atoms with van der Waals surface area (Å²) < 4.78 is 15.9. The second kappa shape index (κ2) is 5.90. The standard InChI is InChI=1S/C6H13ClO3P/c1-3-5(2)10-11(9)6(8)4-7/h5-6,8H,3-4H2,1-2H3/q+1. The van der Waals surface area contributed by atoms with Gasteiger partial charge in [-0.05, 0) is 17.9 Å². The van der Waals surface area contributed by atoms with E-state index in [1.54, 1.807) is 6.92 Å². The number of aliphatic hydroxyl groups excluding tert-OH is 1. The van der Waals surface area contributed by atoms with Crippen LogP contribution in [0.4, 0.5) is 0 Å². The third-order valence-corrected chi connectivity index (χ3v) is 2.98. The molecule has 0 rings (SSSR count). The van der Waals surface area contributed by atoms with Crippen molar-refractivity contribution in [2.75, 3.05) is 5.88 Å². The van der Waals surface area contributed by atoms with Crippen LogP contribution in [0.15, 0.2) is 0 Å². The van der Waals surface area contributed by atoms with E-state index < -0.39 is 13.9 Å². The van der Waals surface area contributed by atoms with Gasteiger partial charge in [-0.2, -0.15) is 0 Å². The normalized spacial score (nSPS) is 17.6. The molecule has 5 heteroatoms. The lowest BCUT2D eigenvalue weighted by Gasteiger charge is -1.99. The zero-order valence-electron chi connectivity index (χ0n) is 6.66. The van der Waals surface area contributed by atoms with Crippen LogP contribution in [0.25, 0.3) is 0 Å². The highest BCUT2D eigenvalue weighted by Crippen LogP contribution is 2.30. The van der Waals surface area contributed by atoms with Crippen molar-refractivity contribution < 1.29 is 14.2 Å². The van der Waals surface area contributed by atoms with Gasteiger partial charge < -0.3 is 5.11 Å². The Balaban J connectivity index is 3.68. The molecule has 0 aromatic carbocycles. The third-order valence-electron chi connectivity index (χ3n) is 1.24. The molecule has 3 nitrogen and oxygen atoms in total. The van der Waals surface area contributed by atoms with Crippen LogP contribution in [0.5, 0.6) is 0 Å². The summed E-state index contributed by atoms with van der Waals surface area (Å²) in [6, 6.07) is 0. The van der Waals surface area contributed by atoms with Crippen molar-refractivity contribution in [3.63, 3.8) is 0 Å². The average Bonchev–Trinajstić information content (AvgIpc) is 2.02. The molecule has 66 valence electrons. The minimum Gasteiger partial charge on any atom is -0.348 e. The Morgan fingerprint density at radius 2 is 2.27 bits per heavy atom. The highest BCUT2D eigenvalue weighted by molar-refractivity contribution is 7.39. The van der Waals surface area contributed by atoms with E-state index in [2.05, 4.69) is 0 Å². The molecule has 0 heterocycles. The van der Waals surface area contributed by atoms with Gasteiger partial charge in [0.1, 0.15) is 6.10 Å². The van der Waals surface area contributed by atoms with Crippen LogP contribution in [-0.4, -0.2) is 22.9 Å². The van der Waals surface area contributed by atoms with E-state index in [1.807, 2.05) is 6.92 Å². The fourth-order valence-electron chi connectivity index (χ4n) is 0.378. The van der Waals surface area contributed by atoms with E-state index in [4.69, 9.17) is 21.2 Å². The van der Waals surface area contributed by atoms with E-state index in [1.165, 1.54) is 0 Å². The van der Waals surface area contributed by atoms with Crippen LogP contribution in [0.2, 0.25) is 0 Å². The summed E-state index contributed by atoms with van der Waals surface area (Å²) in [6.45, 7) is 3.72. The van der Waals surface area contributed by atoms with Gasteiger partial charge in [0.25, 0.3) is 5.85 Å². The lowest BCUT2D eigenvalue weighted by atomic mass is 10.3. The fraction of sp³-hybridized carbons (Fsp3) is 1.00. The number of hydrogen-bond donors (Lipinski definition) is 1. The molecule has 1 N–H and O–H groups in total. The number of aliphatic hydroxyl groups is 1. The van der Waals surface area contributed by atoms with Crippen LogP contribution in [0, 0.1) is 0 Å². The van der Waals surface area contributed by atoms with Gasteiger partial charge in [-0.25, -0.2) is 0 Å². The quantitative estimate of drug-likeness (QED) is 0.545. The average molecular weight is 200 g/mol. The molecule has 0 saturated heterocycles. The summed E-state index contributed by atoms with van der Waals surface area (Å²) in [7, 11) is -2.01. The zero-order chi connectivity index (χ0) is 8.85. The Kier molecular flexibility index (Phi) is 6.06. The number of rotatable bonds is 5. The Hall–Kier alpha value is 0.310. The molecule has 11 heavy (non-hydrogen) atoms. The molecule has 0 aromatic heterocycles. The number of alkyl halides is 1. The van der Waals surface area contributed by atoms with Crippen molar-refractivity contribution in [3.05, 3.63) is 0 Å². The molecule has 3 unspecified atom stereocenters. The third kappa shape index (κ3) is 4.70. The molecule has 0 radical (unpaired) electrons. The molecule has 0 saturated carbocycles. The van der Waals surface area contributed by atoms with Crippen LogP contribution >= 0.6 is 19.6 Å². The molecular weight excluding hydrogens is 186 g/mol. The summed E-state index contributed by atoms with van der Waals surface area (Å²) in [5.74, 6) is -1.09. The summed E-state index contributed by atoms with van der Waals surface area (Å²) >= 11 is 5.26. The highest BCUT2D eigenvalue weighted by atomic mass is 35.5. The molecule has 0 bridgehead atoms. The van der Waals surface area contributed by atoms with Gasteiger partial charge in [-0.3, -0.25) is 0 Å². The van der Waals surface area contributed by atoms with Gasteiger partial charge in [-0.15, -0.1) is 16.1 Å². The summed E-state index contributed by atoms with van der Waals surface area (Å²) in [5.41, 5.74) is 0. The van der Waals surface area contributed by atoms with Crippen LogP contribution < -0.4 is 0 Å². The van der Waals surface area contributed by atoms with Crippen molar-refractivity contribution >= 4 is 19.6 Å². The predicted octanol–water partition coefficient (Wildman–Crippen LogP) is 2.10. The highest BCUT2D eigenvalue weighted by Gasteiger charge is 2.31. The Morgan fingerprint density at radius 3 is 2.64 bits per heavy atom. The van der Waals surface area contributed by atoms with E-state index in [0.29, 0.717) is 0 Å². The predicted molar refractivity (Wildman–Crippen MR) is 45.2 cm³/mol. The molecule has 0 spiro atoms. The Morgan fingerprint density at radius 1 is 1.73 bits per heavy atom. The largest absolute Gasteiger partial charge is 0.541 e. The molecular formula is C6H13ClO3P+. The minimum atomic E-state index is -2.01. The van der Waals surface area contributed by atoms with Crippen LogP contribution in [0.3, 0.4) is 0 Å². The van der Waals surface area contributed by atoms with Crippen molar-refractivity contribution in [2.45, 2.75) is 32.2 Å². The number of hydrogen-bond acceptors (Lipinski definition) is 3.